The van der Waals surface area contributed by atoms with Crippen LogP contribution >= 0.6 is 0 Å². The van der Waals surface area contributed by atoms with Crippen LogP contribution in [0.4, 0.5) is 0 Å². The maximum atomic E-state index is 5.38. The van der Waals surface area contributed by atoms with E-state index in [0.29, 0.717) is 0 Å². The van der Waals surface area contributed by atoms with Gasteiger partial charge in [-0.3, -0.25) is 0 Å². The molecule has 0 heterocycles. The fourth-order valence-electron chi connectivity index (χ4n) is 0.928. The van der Waals surface area contributed by atoms with Crippen LogP contribution in [0.15, 0.2) is 23.8 Å². The first kappa shape index (κ1) is 6.56. The first-order chi connectivity index (χ1) is 4.43. The van der Waals surface area contributed by atoms with E-state index in [0.717, 1.165) is 19.4 Å². The molecule has 1 rings (SSSR count). The molecule has 1 aliphatic rings. The Morgan fingerprint density at radius 1 is 1.56 bits per heavy atom. The van der Waals surface area contributed by atoms with E-state index >= 15 is 0 Å². The van der Waals surface area contributed by atoms with E-state index in [4.69, 9.17) is 5.73 Å². The van der Waals surface area contributed by atoms with Crippen molar-refractivity contribution >= 4 is 0 Å². The van der Waals surface area contributed by atoms with E-state index in [2.05, 4.69) is 24.6 Å². The number of nitrogens with two attached hydrogens (primary N) is 1. The van der Waals surface area contributed by atoms with E-state index in [1.807, 2.05) is 0 Å². The SMILES string of the molecule is NCCC1=C[CH]C=CC1. The Morgan fingerprint density at radius 3 is 3.00 bits per heavy atom. The molecule has 0 aromatic heterocycles. The number of rotatable bonds is 2. The molecule has 0 aliphatic heterocycles. The molecule has 49 valence electrons. The van der Waals surface area contributed by atoms with Crippen LogP contribution in [0.2, 0.25) is 0 Å². The lowest BCUT2D eigenvalue weighted by molar-refractivity contribution is 0.913. The van der Waals surface area contributed by atoms with Gasteiger partial charge >= 0.3 is 0 Å². The zero-order valence-corrected chi connectivity index (χ0v) is 5.51. The topological polar surface area (TPSA) is 26.0 Å². The molecule has 0 atom stereocenters. The fraction of sp³-hybridized carbons (Fsp3) is 0.375. The maximum absolute atomic E-state index is 5.38. The molecule has 0 aromatic carbocycles. The third kappa shape index (κ3) is 2.02. The predicted molar refractivity (Wildman–Crippen MR) is 39.8 cm³/mol. The summed E-state index contributed by atoms with van der Waals surface area (Å²) in [6, 6.07) is 0. The quantitative estimate of drug-likeness (QED) is 0.589. The molecule has 2 N–H and O–H groups in total. The lowest BCUT2D eigenvalue weighted by Crippen LogP contribution is -2.00. The third-order valence-corrected chi connectivity index (χ3v) is 1.42. The maximum Gasteiger partial charge on any atom is 0.00471 e. The van der Waals surface area contributed by atoms with Gasteiger partial charge in [-0.15, -0.1) is 0 Å². The van der Waals surface area contributed by atoms with Gasteiger partial charge in [-0.1, -0.05) is 23.8 Å². The molecule has 0 saturated heterocycles. The van der Waals surface area contributed by atoms with Crippen LogP contribution in [0.1, 0.15) is 12.8 Å². The van der Waals surface area contributed by atoms with Gasteiger partial charge in [-0.25, -0.2) is 0 Å². The molecular weight excluding hydrogens is 110 g/mol. The molecule has 0 saturated carbocycles. The van der Waals surface area contributed by atoms with Crippen LogP contribution < -0.4 is 5.73 Å². The summed E-state index contributed by atoms with van der Waals surface area (Å²) in [4.78, 5) is 0. The molecule has 0 fully saturated rings. The van der Waals surface area contributed by atoms with E-state index in [-0.39, 0.29) is 0 Å². The zero-order chi connectivity index (χ0) is 6.53. The van der Waals surface area contributed by atoms with Crippen LogP contribution in [-0.4, -0.2) is 6.54 Å². The van der Waals surface area contributed by atoms with Crippen molar-refractivity contribution in [3.8, 4) is 0 Å². The minimum Gasteiger partial charge on any atom is -0.330 e. The smallest absolute Gasteiger partial charge is 0.00471 e. The fourth-order valence-corrected chi connectivity index (χ4v) is 0.928. The van der Waals surface area contributed by atoms with Crippen molar-refractivity contribution in [3.05, 3.63) is 30.2 Å². The Kier molecular flexibility index (Phi) is 2.52. The number of hydrogen-bond donors (Lipinski definition) is 1. The normalized spacial score (nSPS) is 17.7. The third-order valence-electron chi connectivity index (χ3n) is 1.42. The van der Waals surface area contributed by atoms with Crippen LogP contribution in [0.25, 0.3) is 0 Å². The number of allylic oxidation sites excluding steroid dienone is 3. The van der Waals surface area contributed by atoms with Crippen LogP contribution in [0.3, 0.4) is 0 Å². The average Bonchev–Trinajstić information content (AvgIpc) is 1.91. The highest BCUT2D eigenvalue weighted by Crippen LogP contribution is 2.12. The van der Waals surface area contributed by atoms with Crippen molar-refractivity contribution in [2.45, 2.75) is 12.8 Å². The second kappa shape index (κ2) is 3.46. The summed E-state index contributed by atoms with van der Waals surface area (Å²) < 4.78 is 0. The van der Waals surface area contributed by atoms with Crippen molar-refractivity contribution in [3.63, 3.8) is 0 Å². The van der Waals surface area contributed by atoms with Crippen molar-refractivity contribution in [1.82, 2.24) is 0 Å². The summed E-state index contributed by atoms with van der Waals surface area (Å²) in [5, 5.41) is 0. The summed E-state index contributed by atoms with van der Waals surface area (Å²) in [7, 11) is 0. The first-order valence-electron chi connectivity index (χ1n) is 3.31. The highest BCUT2D eigenvalue weighted by atomic mass is 14.5. The van der Waals surface area contributed by atoms with E-state index in [9.17, 15) is 0 Å². The van der Waals surface area contributed by atoms with Gasteiger partial charge in [0.25, 0.3) is 0 Å². The van der Waals surface area contributed by atoms with Gasteiger partial charge in [0, 0.05) is 6.42 Å². The molecule has 0 unspecified atom stereocenters. The van der Waals surface area contributed by atoms with Crippen LogP contribution in [0.5, 0.6) is 0 Å². The molecular formula is C8H12N. The Labute approximate surface area is 56.2 Å². The summed E-state index contributed by atoms with van der Waals surface area (Å²) in [5.74, 6) is 0. The van der Waals surface area contributed by atoms with E-state index < -0.39 is 0 Å². The van der Waals surface area contributed by atoms with Crippen molar-refractivity contribution in [2.75, 3.05) is 6.54 Å². The monoisotopic (exact) mass is 122 g/mol. The van der Waals surface area contributed by atoms with Gasteiger partial charge in [0.1, 0.15) is 0 Å². The van der Waals surface area contributed by atoms with Gasteiger partial charge in [-0.05, 0) is 19.4 Å². The summed E-state index contributed by atoms with van der Waals surface area (Å²) in [6.45, 7) is 0.771. The molecule has 1 nitrogen and oxygen atoms in total. The average molecular weight is 122 g/mol. The molecule has 0 aromatic rings. The minimum absolute atomic E-state index is 0.771. The minimum atomic E-state index is 0.771. The van der Waals surface area contributed by atoms with Gasteiger partial charge in [0.15, 0.2) is 0 Å². The molecule has 0 spiro atoms. The zero-order valence-electron chi connectivity index (χ0n) is 5.51. The second-order valence-electron chi connectivity index (χ2n) is 2.19. The molecule has 0 amide bonds. The Hall–Kier alpha value is -0.560. The van der Waals surface area contributed by atoms with Crippen molar-refractivity contribution in [1.29, 1.82) is 0 Å². The second-order valence-corrected chi connectivity index (χ2v) is 2.19. The standard InChI is InChI=1S/C8H12N/c9-7-6-8-4-2-1-3-5-8/h1-4H,5-7,9H2. The van der Waals surface area contributed by atoms with Crippen molar-refractivity contribution < 1.29 is 0 Å². The van der Waals surface area contributed by atoms with Gasteiger partial charge in [0.05, 0.1) is 0 Å². The number of hydrogen-bond acceptors (Lipinski definition) is 1. The highest BCUT2D eigenvalue weighted by molar-refractivity contribution is 5.23. The van der Waals surface area contributed by atoms with Gasteiger partial charge in [0.2, 0.25) is 0 Å². The molecule has 9 heavy (non-hydrogen) atoms. The largest absolute Gasteiger partial charge is 0.330 e. The van der Waals surface area contributed by atoms with E-state index in [1.165, 1.54) is 5.57 Å². The van der Waals surface area contributed by atoms with Gasteiger partial charge in [-0.2, -0.15) is 0 Å². The summed E-state index contributed by atoms with van der Waals surface area (Å²) >= 11 is 0. The highest BCUT2D eigenvalue weighted by Gasteiger charge is 1.95. The summed E-state index contributed by atoms with van der Waals surface area (Å²) in [5.41, 5.74) is 6.82. The van der Waals surface area contributed by atoms with Gasteiger partial charge < -0.3 is 5.73 Å². The molecule has 0 bridgehead atoms. The van der Waals surface area contributed by atoms with E-state index in [1.54, 1.807) is 0 Å². The Morgan fingerprint density at radius 2 is 2.44 bits per heavy atom. The first-order valence-corrected chi connectivity index (χ1v) is 3.31. The Balaban J connectivity index is 2.32. The predicted octanol–water partition coefficient (Wildman–Crippen LogP) is 1.43. The Bertz CT molecular complexity index is 134. The summed E-state index contributed by atoms with van der Waals surface area (Å²) in [6.07, 6.45) is 10.6. The molecule has 1 radical (unpaired) electrons. The van der Waals surface area contributed by atoms with Crippen molar-refractivity contribution in [2.24, 2.45) is 5.73 Å². The lowest BCUT2D eigenvalue weighted by atomic mass is 10.0. The van der Waals surface area contributed by atoms with Crippen LogP contribution in [-0.2, 0) is 0 Å². The molecule has 1 heteroatoms. The van der Waals surface area contributed by atoms with Crippen LogP contribution in [0, 0.1) is 6.42 Å². The molecule has 1 aliphatic carbocycles. The lowest BCUT2D eigenvalue weighted by Gasteiger charge is -2.04.